The Bertz CT molecular complexity index is 601. The molecule has 1 unspecified atom stereocenters. The number of hydrogen-bond donors (Lipinski definition) is 1. The van der Waals surface area contributed by atoms with Gasteiger partial charge in [0.25, 0.3) is 0 Å². The fourth-order valence-corrected chi connectivity index (χ4v) is 2.60. The lowest BCUT2D eigenvalue weighted by molar-refractivity contribution is 0.599. The molecule has 0 bridgehead atoms. The standard InChI is InChI=1S/C13H15BrN2O2S/c1-3-10(2)16-9-13(8-15)19(17,18)12-6-4-11(14)5-7-12/h4-7,9-10,16H,3H2,1-2H3/b13-9+. The van der Waals surface area contributed by atoms with E-state index in [1.54, 1.807) is 18.2 Å². The van der Waals surface area contributed by atoms with Crippen molar-refractivity contribution in [2.75, 3.05) is 0 Å². The van der Waals surface area contributed by atoms with Crippen LogP contribution in [0.2, 0.25) is 0 Å². The van der Waals surface area contributed by atoms with Gasteiger partial charge in [-0.3, -0.25) is 0 Å². The van der Waals surface area contributed by atoms with Gasteiger partial charge in [0.15, 0.2) is 4.91 Å². The van der Waals surface area contributed by atoms with Crippen molar-refractivity contribution in [2.24, 2.45) is 0 Å². The van der Waals surface area contributed by atoms with Crippen LogP contribution in [0.3, 0.4) is 0 Å². The molecule has 0 heterocycles. The van der Waals surface area contributed by atoms with Crippen LogP contribution in [0.5, 0.6) is 0 Å². The van der Waals surface area contributed by atoms with Crippen molar-refractivity contribution in [3.05, 3.63) is 39.8 Å². The van der Waals surface area contributed by atoms with Crippen molar-refractivity contribution in [1.82, 2.24) is 5.32 Å². The number of sulfone groups is 1. The second-order valence-electron chi connectivity index (χ2n) is 4.05. The quantitative estimate of drug-likeness (QED) is 0.835. The minimum absolute atomic E-state index is 0.106. The average Bonchev–Trinajstić information content (AvgIpc) is 2.39. The Morgan fingerprint density at radius 1 is 1.47 bits per heavy atom. The minimum Gasteiger partial charge on any atom is -0.387 e. The number of allylic oxidation sites excluding steroid dienone is 1. The van der Waals surface area contributed by atoms with Gasteiger partial charge in [-0.1, -0.05) is 22.9 Å². The zero-order valence-corrected chi connectivity index (χ0v) is 13.1. The molecular formula is C13H15BrN2O2S. The highest BCUT2D eigenvalue weighted by Gasteiger charge is 2.20. The Labute approximate surface area is 122 Å². The summed E-state index contributed by atoms with van der Waals surface area (Å²) in [7, 11) is -3.76. The maximum Gasteiger partial charge on any atom is 0.218 e. The first-order valence-corrected chi connectivity index (χ1v) is 8.06. The lowest BCUT2D eigenvalue weighted by Crippen LogP contribution is -2.20. The number of rotatable bonds is 5. The molecule has 0 amide bonds. The third-order valence-corrected chi connectivity index (χ3v) is 4.84. The predicted molar refractivity (Wildman–Crippen MR) is 77.9 cm³/mol. The van der Waals surface area contributed by atoms with Crippen molar-refractivity contribution in [2.45, 2.75) is 31.2 Å². The van der Waals surface area contributed by atoms with Crippen LogP contribution in [-0.4, -0.2) is 14.5 Å². The van der Waals surface area contributed by atoms with Crippen LogP contribution in [0, 0.1) is 11.3 Å². The molecule has 1 aromatic carbocycles. The first-order valence-electron chi connectivity index (χ1n) is 5.78. The van der Waals surface area contributed by atoms with Gasteiger partial charge in [0.1, 0.15) is 6.07 Å². The molecule has 0 aliphatic carbocycles. The van der Waals surface area contributed by atoms with E-state index >= 15 is 0 Å². The molecular weight excluding hydrogens is 328 g/mol. The number of nitrogens with zero attached hydrogens (tertiary/aromatic N) is 1. The summed E-state index contributed by atoms with van der Waals surface area (Å²) in [4.78, 5) is -0.176. The highest BCUT2D eigenvalue weighted by molar-refractivity contribution is 9.10. The van der Waals surface area contributed by atoms with Crippen molar-refractivity contribution >= 4 is 25.8 Å². The molecule has 1 aromatic rings. The molecule has 4 nitrogen and oxygen atoms in total. The topological polar surface area (TPSA) is 70.0 Å². The van der Waals surface area contributed by atoms with Gasteiger partial charge in [0.2, 0.25) is 9.84 Å². The van der Waals surface area contributed by atoms with Crippen molar-refractivity contribution in [3.63, 3.8) is 0 Å². The molecule has 102 valence electrons. The van der Waals surface area contributed by atoms with E-state index in [1.165, 1.54) is 18.3 Å². The molecule has 0 fully saturated rings. The predicted octanol–water partition coefficient (Wildman–Crippen LogP) is 2.98. The van der Waals surface area contributed by atoms with Crippen LogP contribution in [-0.2, 0) is 9.84 Å². The van der Waals surface area contributed by atoms with E-state index in [2.05, 4.69) is 21.2 Å². The Hall–Kier alpha value is -1.32. The van der Waals surface area contributed by atoms with Gasteiger partial charge in [-0.05, 0) is 37.6 Å². The van der Waals surface area contributed by atoms with E-state index in [1.807, 2.05) is 13.8 Å². The summed E-state index contributed by atoms with van der Waals surface area (Å²) in [5.41, 5.74) is 0. The van der Waals surface area contributed by atoms with Gasteiger partial charge < -0.3 is 5.32 Å². The van der Waals surface area contributed by atoms with E-state index in [-0.39, 0.29) is 15.8 Å². The number of benzene rings is 1. The molecule has 1 atom stereocenters. The fraction of sp³-hybridized carbons (Fsp3) is 0.308. The molecule has 0 radical (unpaired) electrons. The average molecular weight is 343 g/mol. The van der Waals surface area contributed by atoms with Crippen molar-refractivity contribution < 1.29 is 8.42 Å². The summed E-state index contributed by atoms with van der Waals surface area (Å²) in [5, 5.41) is 11.9. The summed E-state index contributed by atoms with van der Waals surface area (Å²) >= 11 is 3.24. The number of nitriles is 1. The molecule has 6 heteroatoms. The highest BCUT2D eigenvalue weighted by Crippen LogP contribution is 2.20. The zero-order chi connectivity index (χ0) is 14.5. The van der Waals surface area contributed by atoms with Crippen LogP contribution in [0.4, 0.5) is 0 Å². The van der Waals surface area contributed by atoms with E-state index in [4.69, 9.17) is 5.26 Å². The maximum absolute atomic E-state index is 12.2. The summed E-state index contributed by atoms with van der Waals surface area (Å²) in [5.74, 6) is 0. The Kier molecular flexibility index (Phi) is 5.58. The molecule has 0 spiro atoms. The fourth-order valence-electron chi connectivity index (χ4n) is 1.25. The minimum atomic E-state index is -3.76. The van der Waals surface area contributed by atoms with Crippen LogP contribution in [0.25, 0.3) is 0 Å². The van der Waals surface area contributed by atoms with Crippen LogP contribution < -0.4 is 5.32 Å². The van der Waals surface area contributed by atoms with Gasteiger partial charge in [-0.25, -0.2) is 8.42 Å². The van der Waals surface area contributed by atoms with E-state index in [9.17, 15) is 8.42 Å². The summed E-state index contributed by atoms with van der Waals surface area (Å²) in [6.07, 6.45) is 2.11. The third kappa shape index (κ3) is 4.08. The molecule has 0 aromatic heterocycles. The second-order valence-corrected chi connectivity index (χ2v) is 6.89. The highest BCUT2D eigenvalue weighted by atomic mass is 79.9. The largest absolute Gasteiger partial charge is 0.387 e. The molecule has 1 rings (SSSR count). The first kappa shape index (κ1) is 15.7. The lowest BCUT2D eigenvalue weighted by Gasteiger charge is -2.09. The van der Waals surface area contributed by atoms with Gasteiger partial charge in [0.05, 0.1) is 4.90 Å². The van der Waals surface area contributed by atoms with Gasteiger partial charge >= 0.3 is 0 Å². The molecule has 0 aliphatic heterocycles. The van der Waals surface area contributed by atoms with Gasteiger partial charge in [-0.2, -0.15) is 5.26 Å². The van der Waals surface area contributed by atoms with E-state index in [0.29, 0.717) is 0 Å². The summed E-state index contributed by atoms with van der Waals surface area (Å²) in [6, 6.07) is 8.04. The second kappa shape index (κ2) is 6.73. The Balaban J connectivity index is 3.10. The van der Waals surface area contributed by atoms with Crippen molar-refractivity contribution in [3.8, 4) is 6.07 Å². The maximum atomic E-state index is 12.2. The SMILES string of the molecule is CCC(C)N/C=C(\C#N)S(=O)(=O)c1ccc(Br)cc1. The van der Waals surface area contributed by atoms with Crippen LogP contribution in [0.15, 0.2) is 44.7 Å². The molecule has 0 saturated heterocycles. The van der Waals surface area contributed by atoms with E-state index < -0.39 is 9.84 Å². The normalized spacial score (nSPS) is 13.7. The van der Waals surface area contributed by atoms with Crippen molar-refractivity contribution in [1.29, 1.82) is 5.26 Å². The Morgan fingerprint density at radius 3 is 2.53 bits per heavy atom. The molecule has 19 heavy (non-hydrogen) atoms. The van der Waals surface area contributed by atoms with Gasteiger partial charge in [0, 0.05) is 16.7 Å². The number of hydrogen-bond acceptors (Lipinski definition) is 4. The monoisotopic (exact) mass is 342 g/mol. The summed E-state index contributed by atoms with van der Waals surface area (Å²) in [6.45, 7) is 3.89. The smallest absolute Gasteiger partial charge is 0.218 e. The number of nitrogens with one attached hydrogen (secondary N) is 1. The Morgan fingerprint density at radius 2 is 2.05 bits per heavy atom. The lowest BCUT2D eigenvalue weighted by atomic mass is 10.3. The molecule has 0 saturated carbocycles. The zero-order valence-electron chi connectivity index (χ0n) is 10.7. The summed E-state index contributed by atoms with van der Waals surface area (Å²) < 4.78 is 25.2. The van der Waals surface area contributed by atoms with Crippen LogP contribution in [0.1, 0.15) is 20.3 Å². The van der Waals surface area contributed by atoms with E-state index in [0.717, 1.165) is 10.9 Å². The number of halogens is 1. The van der Waals surface area contributed by atoms with Crippen LogP contribution >= 0.6 is 15.9 Å². The molecule has 1 N–H and O–H groups in total. The first-order chi connectivity index (χ1) is 8.91. The third-order valence-electron chi connectivity index (χ3n) is 2.63. The molecule has 0 aliphatic rings. The van der Waals surface area contributed by atoms with Gasteiger partial charge in [-0.15, -0.1) is 0 Å².